The first kappa shape index (κ1) is 26.2. The molecule has 2 atom stereocenters. The van der Waals surface area contributed by atoms with Gasteiger partial charge in [0.2, 0.25) is 5.91 Å². The van der Waals surface area contributed by atoms with Crippen molar-refractivity contribution in [2.45, 2.75) is 109 Å². The number of aromatic nitrogens is 1. The van der Waals surface area contributed by atoms with E-state index in [4.69, 9.17) is 9.47 Å². The highest BCUT2D eigenvalue weighted by Crippen LogP contribution is 2.45. The molecule has 0 radical (unpaired) electrons. The lowest BCUT2D eigenvalue weighted by atomic mass is 9.76. The zero-order chi connectivity index (χ0) is 27.4. The van der Waals surface area contributed by atoms with E-state index in [0.717, 1.165) is 62.3 Å². The molecule has 1 aromatic heterocycles. The number of benzene rings is 1. The van der Waals surface area contributed by atoms with Crippen LogP contribution in [-0.4, -0.2) is 45.6 Å². The molecule has 0 unspecified atom stereocenters. The third-order valence-electron chi connectivity index (χ3n) is 9.20. The van der Waals surface area contributed by atoms with Crippen LogP contribution in [0.4, 0.5) is 10.5 Å². The highest BCUT2D eigenvalue weighted by molar-refractivity contribution is 6.01. The van der Waals surface area contributed by atoms with Crippen LogP contribution in [0.1, 0.15) is 102 Å². The summed E-state index contributed by atoms with van der Waals surface area (Å²) in [6.45, 7) is 6.09. The van der Waals surface area contributed by atoms with Crippen LogP contribution in [-0.2, 0) is 20.0 Å². The number of anilines is 1. The van der Waals surface area contributed by atoms with Gasteiger partial charge in [0.15, 0.2) is 5.72 Å². The van der Waals surface area contributed by atoms with Gasteiger partial charge in [-0.1, -0.05) is 38.5 Å². The third-order valence-corrected chi connectivity index (χ3v) is 9.20. The van der Waals surface area contributed by atoms with E-state index in [-0.39, 0.29) is 17.8 Å². The van der Waals surface area contributed by atoms with Crippen LogP contribution < -0.4 is 5.32 Å². The van der Waals surface area contributed by atoms with Gasteiger partial charge in [-0.05, 0) is 76.1 Å². The molecule has 8 heteroatoms. The van der Waals surface area contributed by atoms with Crippen molar-refractivity contribution in [2.75, 3.05) is 11.9 Å². The monoisotopic (exact) mass is 535 g/mol. The number of amides is 2. The largest absolute Gasteiger partial charge is 0.444 e. The lowest BCUT2D eigenvalue weighted by Gasteiger charge is -2.34. The van der Waals surface area contributed by atoms with Crippen molar-refractivity contribution in [3.63, 3.8) is 0 Å². The molecule has 3 fully saturated rings. The van der Waals surface area contributed by atoms with Crippen LogP contribution in [0.5, 0.6) is 0 Å². The molecule has 2 aliphatic carbocycles. The number of nitrogens with zero attached hydrogens (tertiary/aromatic N) is 2. The lowest BCUT2D eigenvalue weighted by molar-refractivity contribution is -0.122. The molecule has 0 bridgehead atoms. The van der Waals surface area contributed by atoms with Gasteiger partial charge in [0.1, 0.15) is 17.3 Å². The van der Waals surface area contributed by atoms with Crippen molar-refractivity contribution in [1.82, 2.24) is 9.47 Å². The Bertz CT molecular complexity index is 1280. The molecule has 210 valence electrons. The number of carbonyl (C=O) groups is 3. The minimum atomic E-state index is -0.626. The van der Waals surface area contributed by atoms with Crippen LogP contribution in [0.25, 0.3) is 10.9 Å². The molecule has 2 saturated carbocycles. The molecule has 2 aliphatic heterocycles. The Morgan fingerprint density at radius 3 is 2.44 bits per heavy atom. The summed E-state index contributed by atoms with van der Waals surface area (Å²) in [5.41, 5.74) is 0.994. The average Bonchev–Trinajstić information content (AvgIpc) is 3.57. The van der Waals surface area contributed by atoms with Gasteiger partial charge in [-0.2, -0.15) is 0 Å². The lowest BCUT2D eigenvalue weighted by Crippen LogP contribution is -2.49. The molecule has 4 aliphatic rings. The molecule has 1 aromatic carbocycles. The topological polar surface area (TPSA) is 89.9 Å². The third kappa shape index (κ3) is 4.80. The normalized spacial score (nSPS) is 25.1. The van der Waals surface area contributed by atoms with Gasteiger partial charge in [-0.3, -0.25) is 14.3 Å². The first-order chi connectivity index (χ1) is 18.7. The van der Waals surface area contributed by atoms with Crippen LogP contribution in [0.2, 0.25) is 0 Å². The fourth-order valence-corrected chi connectivity index (χ4v) is 7.53. The van der Waals surface area contributed by atoms with Crippen LogP contribution in [0, 0.1) is 11.8 Å². The number of hydrogen-bond donors (Lipinski definition) is 1. The second-order valence-electron chi connectivity index (χ2n) is 13.0. The SMILES string of the molecule is CC(C)(C)OC(=O)N1CC[C@@H](C2CCCCC2)[C@H]1C(=O)Nc1ccc2c(c1)cc1n2C2(CCCCC2)OC1=O. The highest BCUT2D eigenvalue weighted by Gasteiger charge is 2.48. The van der Waals surface area contributed by atoms with E-state index in [1.807, 2.05) is 45.0 Å². The number of nitrogens with one attached hydrogen (secondary N) is 1. The van der Waals surface area contributed by atoms with Crippen molar-refractivity contribution in [1.29, 1.82) is 0 Å². The van der Waals surface area contributed by atoms with Crippen LogP contribution >= 0.6 is 0 Å². The zero-order valence-corrected chi connectivity index (χ0v) is 23.5. The van der Waals surface area contributed by atoms with Crippen molar-refractivity contribution in [3.05, 3.63) is 30.0 Å². The molecule has 6 rings (SSSR count). The van der Waals surface area contributed by atoms with E-state index in [9.17, 15) is 14.4 Å². The van der Waals surface area contributed by atoms with E-state index >= 15 is 0 Å². The summed E-state index contributed by atoms with van der Waals surface area (Å²) in [5.74, 6) is 0.133. The van der Waals surface area contributed by atoms with Gasteiger partial charge < -0.3 is 14.8 Å². The smallest absolute Gasteiger partial charge is 0.410 e. The molecule has 39 heavy (non-hydrogen) atoms. The standard InChI is InChI=1S/C31H41N3O5/c1-30(2,3)39-29(37)33-17-14-23(20-10-6-4-7-11-20)26(33)27(35)32-22-12-13-24-21(18-22)19-25-28(36)38-31(34(24)25)15-8-5-9-16-31/h12-13,18-20,23,26H,4-11,14-17H2,1-3H3,(H,32,35)/t23-,26-/m0/s1. The number of ether oxygens (including phenoxy) is 2. The van der Waals surface area contributed by atoms with Gasteiger partial charge in [0.05, 0.1) is 5.52 Å². The van der Waals surface area contributed by atoms with Gasteiger partial charge in [-0.15, -0.1) is 0 Å². The quantitative estimate of drug-likeness (QED) is 0.449. The maximum Gasteiger partial charge on any atom is 0.410 e. The summed E-state index contributed by atoms with van der Waals surface area (Å²) in [6.07, 6.45) is 11.1. The second kappa shape index (κ2) is 9.86. The van der Waals surface area contributed by atoms with E-state index in [1.165, 1.54) is 19.3 Å². The van der Waals surface area contributed by atoms with Crippen molar-refractivity contribution >= 4 is 34.6 Å². The van der Waals surface area contributed by atoms with E-state index < -0.39 is 23.5 Å². The molecular weight excluding hydrogens is 494 g/mol. The van der Waals surface area contributed by atoms with Crippen LogP contribution in [0.15, 0.2) is 24.3 Å². The fourth-order valence-electron chi connectivity index (χ4n) is 7.53. The summed E-state index contributed by atoms with van der Waals surface area (Å²) >= 11 is 0. The summed E-state index contributed by atoms with van der Waals surface area (Å²) in [4.78, 5) is 41.5. The Morgan fingerprint density at radius 1 is 1.00 bits per heavy atom. The molecule has 2 aromatic rings. The Hall–Kier alpha value is -3.03. The number of esters is 1. The Labute approximate surface area is 230 Å². The number of fused-ring (bicyclic) bond motifs is 4. The average molecular weight is 536 g/mol. The number of carbonyl (C=O) groups excluding carboxylic acids is 3. The van der Waals surface area contributed by atoms with Crippen LogP contribution in [0.3, 0.4) is 0 Å². The molecule has 2 amide bonds. The predicted octanol–water partition coefficient (Wildman–Crippen LogP) is 6.57. The predicted molar refractivity (Wildman–Crippen MR) is 148 cm³/mol. The minimum Gasteiger partial charge on any atom is -0.444 e. The number of likely N-dealkylation sites (tertiary alicyclic amines) is 1. The maximum absolute atomic E-state index is 13.9. The second-order valence-corrected chi connectivity index (χ2v) is 13.0. The first-order valence-electron chi connectivity index (χ1n) is 14.9. The summed E-state index contributed by atoms with van der Waals surface area (Å²) in [5, 5.41) is 4.03. The van der Waals surface area contributed by atoms with E-state index in [2.05, 4.69) is 9.88 Å². The molecule has 1 saturated heterocycles. The van der Waals surface area contributed by atoms with Crippen molar-refractivity contribution in [2.24, 2.45) is 11.8 Å². The van der Waals surface area contributed by atoms with E-state index in [1.54, 1.807) is 4.90 Å². The zero-order valence-electron chi connectivity index (χ0n) is 23.5. The highest BCUT2D eigenvalue weighted by atomic mass is 16.6. The minimum absolute atomic E-state index is 0.126. The first-order valence-corrected chi connectivity index (χ1v) is 14.9. The Kier molecular flexibility index (Phi) is 6.63. The maximum atomic E-state index is 13.9. The summed E-state index contributed by atoms with van der Waals surface area (Å²) in [7, 11) is 0. The molecule has 1 N–H and O–H groups in total. The molecular formula is C31H41N3O5. The van der Waals surface area contributed by atoms with Crippen molar-refractivity contribution < 1.29 is 23.9 Å². The van der Waals surface area contributed by atoms with Gasteiger partial charge in [-0.25, -0.2) is 9.59 Å². The molecule has 1 spiro atoms. The summed E-state index contributed by atoms with van der Waals surface area (Å²) in [6, 6.07) is 7.13. The van der Waals surface area contributed by atoms with Gasteiger partial charge >= 0.3 is 12.1 Å². The Balaban J connectivity index is 1.27. The van der Waals surface area contributed by atoms with Gasteiger partial charge in [0.25, 0.3) is 0 Å². The summed E-state index contributed by atoms with van der Waals surface area (Å²) < 4.78 is 13.7. The number of rotatable bonds is 3. The molecule has 8 nitrogen and oxygen atoms in total. The fraction of sp³-hybridized carbons (Fsp3) is 0.645. The van der Waals surface area contributed by atoms with Crippen molar-refractivity contribution in [3.8, 4) is 0 Å². The molecule has 3 heterocycles. The van der Waals surface area contributed by atoms with E-state index in [0.29, 0.717) is 23.8 Å². The number of hydrogen-bond acceptors (Lipinski definition) is 5. The Morgan fingerprint density at radius 2 is 1.72 bits per heavy atom. The van der Waals surface area contributed by atoms with Gasteiger partial charge in [0, 0.05) is 30.5 Å².